The summed E-state index contributed by atoms with van der Waals surface area (Å²) < 4.78 is 1.02. The second-order valence-corrected chi connectivity index (χ2v) is 12.3. The normalized spacial score (nSPS) is 23.7. The molecule has 12 N–H and O–H groups in total. The van der Waals surface area contributed by atoms with Gasteiger partial charge in [-0.15, -0.1) is 0 Å². The zero-order chi connectivity index (χ0) is 35.0. The molecule has 47 heavy (non-hydrogen) atoms. The highest BCUT2D eigenvalue weighted by atomic mass is 79.9. The van der Waals surface area contributed by atoms with Crippen LogP contribution in [0.4, 0.5) is 0 Å². The lowest BCUT2D eigenvalue weighted by Crippen LogP contribution is -2.61. The van der Waals surface area contributed by atoms with Crippen molar-refractivity contribution >= 4 is 84.8 Å². The van der Waals surface area contributed by atoms with Gasteiger partial charge in [0.15, 0.2) is 5.28 Å². The minimum Gasteiger partial charge on any atom is -0.381 e. The van der Waals surface area contributed by atoms with Gasteiger partial charge in [-0.3, -0.25) is 33.6 Å². The van der Waals surface area contributed by atoms with Crippen LogP contribution in [0.1, 0.15) is 22.6 Å². The lowest BCUT2D eigenvalue weighted by molar-refractivity contribution is -0.142. The number of hydrogen-bond acceptors (Lipinski definition) is 10. The number of halogens is 3. The van der Waals surface area contributed by atoms with Crippen molar-refractivity contribution in [2.45, 2.75) is 43.1 Å². The summed E-state index contributed by atoms with van der Waals surface area (Å²) in [7, 11) is 1.24. The van der Waals surface area contributed by atoms with Gasteiger partial charge < -0.3 is 58.0 Å². The molecular weight excluding hydrogens is 778 g/mol. The van der Waals surface area contributed by atoms with Crippen molar-refractivity contribution in [3.63, 3.8) is 0 Å². The number of carbonyl (C=O) groups excluding carboxylic acids is 7. The third-order valence-corrected chi connectivity index (χ3v) is 8.90. The minimum absolute atomic E-state index is 0.000814. The standard InChI is InChI=1S/C25H32Br2ClN11O8/c1-39-15(2-9-6-33-25(28)34-9)23(46)37-13(5-29)22(45)38-14(7-31-20(43)12-3-10(26)18(27)35-12)21(44)32-8-16(40)24(47)36-11(19(30)42)4-17(39)41/h3,6,11,13-16,35,40H,2,4-5,7-8,29H2,1H3,(H2,30,42)(H,31,43)(H,32,44)(H,33,34)(H,36,47)(H,37,46)(H,38,45)/t11-,13+,14+,15?,16?/m1/s1. The van der Waals surface area contributed by atoms with Crippen LogP contribution in [-0.4, -0.2) is 123 Å². The average Bonchev–Trinajstić information content (AvgIpc) is 3.60. The van der Waals surface area contributed by atoms with E-state index in [0.29, 0.717) is 14.8 Å². The highest BCUT2D eigenvalue weighted by Crippen LogP contribution is 2.23. The molecule has 1 saturated heterocycles. The summed E-state index contributed by atoms with van der Waals surface area (Å²) in [5, 5.41) is 22.1. The van der Waals surface area contributed by atoms with Gasteiger partial charge in [-0.05, 0) is 49.5 Å². The molecule has 0 aliphatic carbocycles. The Labute approximate surface area is 288 Å². The number of nitrogens with zero attached hydrogens (tertiary/aromatic N) is 2. The summed E-state index contributed by atoms with van der Waals surface area (Å²) in [6.07, 6.45) is -1.51. The number of likely N-dealkylation sites (N-methyl/N-ethyl adjacent to an activating group) is 1. The van der Waals surface area contributed by atoms with E-state index >= 15 is 0 Å². The van der Waals surface area contributed by atoms with E-state index in [4.69, 9.17) is 23.1 Å². The molecule has 19 nitrogen and oxygen atoms in total. The number of hydrogen-bond donors (Lipinski definition) is 10. The van der Waals surface area contributed by atoms with Crippen LogP contribution in [0.25, 0.3) is 0 Å². The number of primary amides is 1. The van der Waals surface area contributed by atoms with Gasteiger partial charge in [0.05, 0.1) is 22.0 Å². The number of rotatable bonds is 7. The average molecular weight is 810 g/mol. The highest BCUT2D eigenvalue weighted by molar-refractivity contribution is 9.13. The first-order valence-electron chi connectivity index (χ1n) is 13.7. The number of aliphatic hydroxyl groups excluding tert-OH is 1. The zero-order valence-electron chi connectivity index (χ0n) is 24.6. The largest absolute Gasteiger partial charge is 0.381 e. The van der Waals surface area contributed by atoms with E-state index in [2.05, 4.69) is 73.4 Å². The third kappa shape index (κ3) is 10.2. The number of nitrogens with two attached hydrogens (primary N) is 2. The highest BCUT2D eigenvalue weighted by Gasteiger charge is 2.35. The molecule has 2 aromatic rings. The van der Waals surface area contributed by atoms with E-state index in [0.717, 1.165) is 4.90 Å². The predicted molar refractivity (Wildman–Crippen MR) is 170 cm³/mol. The number of nitrogens with one attached hydrogen (secondary N) is 7. The van der Waals surface area contributed by atoms with Crippen molar-refractivity contribution in [1.29, 1.82) is 0 Å². The number of β-amino-alcohol motifs (C(OH)–C–C–N with tert-alkyl or cyclic N) is 1. The first-order valence-corrected chi connectivity index (χ1v) is 15.7. The summed E-state index contributed by atoms with van der Waals surface area (Å²) in [6.45, 7) is -1.64. The number of aliphatic hydroxyl groups is 1. The number of aromatic nitrogens is 3. The second-order valence-electron chi connectivity index (χ2n) is 10.3. The first-order chi connectivity index (χ1) is 22.1. The van der Waals surface area contributed by atoms with Crippen LogP contribution in [-0.2, 0) is 35.2 Å². The van der Waals surface area contributed by atoms with E-state index in [-0.39, 0.29) is 17.4 Å². The van der Waals surface area contributed by atoms with Crippen molar-refractivity contribution in [2.75, 3.05) is 26.7 Å². The molecule has 1 aliphatic heterocycles. The van der Waals surface area contributed by atoms with Crippen molar-refractivity contribution < 1.29 is 38.7 Å². The van der Waals surface area contributed by atoms with Crippen LogP contribution >= 0.6 is 43.5 Å². The van der Waals surface area contributed by atoms with E-state index in [1.807, 2.05) is 0 Å². The van der Waals surface area contributed by atoms with Crippen LogP contribution in [0.2, 0.25) is 5.28 Å². The van der Waals surface area contributed by atoms with Crippen molar-refractivity contribution in [2.24, 2.45) is 11.5 Å². The molecule has 256 valence electrons. The molecule has 1 aliphatic rings. The minimum atomic E-state index is -1.93. The Hall–Kier alpha value is -4.05. The van der Waals surface area contributed by atoms with Gasteiger partial charge in [0.2, 0.25) is 29.5 Å². The molecule has 3 heterocycles. The molecule has 0 spiro atoms. The molecular formula is C25H32Br2ClN11O8. The topological polar surface area (TPSA) is 300 Å². The Bertz CT molecular complexity index is 1520. The first kappa shape index (κ1) is 37.4. The van der Waals surface area contributed by atoms with Gasteiger partial charge in [-0.1, -0.05) is 0 Å². The summed E-state index contributed by atoms with van der Waals surface area (Å²) in [4.78, 5) is 101. The molecule has 1 fully saturated rings. The summed E-state index contributed by atoms with van der Waals surface area (Å²) >= 11 is 12.3. The maximum Gasteiger partial charge on any atom is 0.267 e. The van der Waals surface area contributed by atoms with Crippen LogP contribution in [0.5, 0.6) is 0 Å². The van der Waals surface area contributed by atoms with Crippen LogP contribution < -0.4 is 38.1 Å². The summed E-state index contributed by atoms with van der Waals surface area (Å²) in [6, 6.07) is -4.44. The van der Waals surface area contributed by atoms with Crippen molar-refractivity contribution in [3.05, 3.63) is 38.0 Å². The molecule has 0 aromatic carbocycles. The smallest absolute Gasteiger partial charge is 0.267 e. The molecule has 2 aromatic heterocycles. The van der Waals surface area contributed by atoms with E-state index in [9.17, 15) is 38.7 Å². The maximum absolute atomic E-state index is 13.6. The molecule has 0 saturated carbocycles. The predicted octanol–water partition coefficient (Wildman–Crippen LogP) is -3.51. The van der Waals surface area contributed by atoms with Crippen LogP contribution in [0.15, 0.2) is 21.3 Å². The number of H-pyrrole nitrogens is 2. The second kappa shape index (κ2) is 16.7. The molecule has 2 unspecified atom stereocenters. The zero-order valence-corrected chi connectivity index (χ0v) is 28.5. The Kier molecular flexibility index (Phi) is 13.3. The van der Waals surface area contributed by atoms with E-state index < -0.39 is 97.7 Å². The fourth-order valence-electron chi connectivity index (χ4n) is 4.24. The Morgan fingerprint density at radius 1 is 1.06 bits per heavy atom. The summed E-state index contributed by atoms with van der Waals surface area (Å²) in [5.74, 6) is -6.50. The van der Waals surface area contributed by atoms with Gasteiger partial charge in [0, 0.05) is 38.4 Å². The quantitative estimate of drug-likeness (QED) is 0.132. The number of imidazole rings is 1. The lowest BCUT2D eigenvalue weighted by Gasteiger charge is -2.30. The fraction of sp³-hybridized carbons (Fsp3) is 0.440. The van der Waals surface area contributed by atoms with Gasteiger partial charge >= 0.3 is 0 Å². The van der Waals surface area contributed by atoms with E-state index in [1.165, 1.54) is 19.3 Å². The van der Waals surface area contributed by atoms with Crippen LogP contribution in [0, 0.1) is 0 Å². The lowest BCUT2D eigenvalue weighted by atomic mass is 10.1. The Balaban J connectivity index is 1.93. The number of amides is 7. The van der Waals surface area contributed by atoms with Crippen molar-refractivity contribution in [1.82, 2.24) is 46.4 Å². The molecule has 0 bridgehead atoms. The Morgan fingerprint density at radius 2 is 1.74 bits per heavy atom. The van der Waals surface area contributed by atoms with Gasteiger partial charge in [0.25, 0.3) is 11.8 Å². The molecule has 3 rings (SSSR count). The number of aromatic amines is 2. The third-order valence-electron chi connectivity index (χ3n) is 6.92. The van der Waals surface area contributed by atoms with Gasteiger partial charge in [-0.2, -0.15) is 0 Å². The van der Waals surface area contributed by atoms with Gasteiger partial charge in [-0.25, -0.2) is 4.98 Å². The maximum atomic E-state index is 13.6. The molecule has 5 atom stereocenters. The fourth-order valence-corrected chi connectivity index (χ4v) is 5.07. The molecule has 22 heteroatoms. The van der Waals surface area contributed by atoms with Crippen LogP contribution in [0.3, 0.4) is 0 Å². The van der Waals surface area contributed by atoms with Crippen molar-refractivity contribution in [3.8, 4) is 0 Å². The molecule has 7 amide bonds. The van der Waals surface area contributed by atoms with E-state index in [1.54, 1.807) is 0 Å². The SMILES string of the molecule is CN1C(=O)C[C@H](C(N)=O)NC(=O)C(O)CNC(=O)[C@H](CNC(=O)c2cc(Br)c(Br)[nH]2)NC(=O)[C@H](CN)NC(=O)C1Cc1cnc(Cl)[nH]1. The Morgan fingerprint density at radius 3 is 2.32 bits per heavy atom. The van der Waals surface area contributed by atoms with Gasteiger partial charge in [0.1, 0.15) is 36.0 Å². The monoisotopic (exact) mass is 807 g/mol. The summed E-state index contributed by atoms with van der Waals surface area (Å²) in [5.41, 5.74) is 11.6. The molecule has 0 radical (unpaired) electrons. The number of carbonyl (C=O) groups is 7.